The Bertz CT molecular complexity index is 355. The number of ether oxygens (including phenoxy) is 1. The summed E-state index contributed by atoms with van der Waals surface area (Å²) in [4.78, 5) is 12.5. The number of nitrogens with one attached hydrogen (secondary N) is 1. The summed E-state index contributed by atoms with van der Waals surface area (Å²) in [5, 5.41) is 3.64. The molecule has 146 valence electrons. The Labute approximate surface area is 155 Å². The van der Waals surface area contributed by atoms with Gasteiger partial charge in [0.2, 0.25) is 0 Å². The molecule has 0 aliphatic heterocycles. The van der Waals surface area contributed by atoms with Crippen LogP contribution in [-0.2, 0) is 9.53 Å². The maximum Gasteiger partial charge on any atom is 0.309 e. The van der Waals surface area contributed by atoms with Gasteiger partial charge in [-0.1, -0.05) is 46.0 Å². The van der Waals surface area contributed by atoms with Gasteiger partial charge >= 0.3 is 5.97 Å². The first-order chi connectivity index (χ1) is 12.2. The monoisotopic (exact) mass is 351 g/mol. The zero-order valence-electron chi connectivity index (χ0n) is 16.7. The summed E-state index contributed by atoms with van der Waals surface area (Å²) in [5.74, 6) is 1.14. The molecule has 0 saturated heterocycles. The molecule has 0 amide bonds. The number of hydrogen-bond donors (Lipinski definition) is 1. The van der Waals surface area contributed by atoms with Crippen molar-refractivity contribution in [3.8, 4) is 0 Å². The van der Waals surface area contributed by atoms with E-state index in [2.05, 4.69) is 19.2 Å². The van der Waals surface area contributed by atoms with Crippen LogP contribution < -0.4 is 5.32 Å². The summed E-state index contributed by atoms with van der Waals surface area (Å²) in [7, 11) is 0. The van der Waals surface area contributed by atoms with Gasteiger partial charge < -0.3 is 10.1 Å². The van der Waals surface area contributed by atoms with Crippen molar-refractivity contribution in [3.05, 3.63) is 0 Å². The van der Waals surface area contributed by atoms with E-state index in [0.717, 1.165) is 51.0 Å². The van der Waals surface area contributed by atoms with Crippen molar-refractivity contribution in [1.29, 1.82) is 0 Å². The topological polar surface area (TPSA) is 38.3 Å². The highest BCUT2D eigenvalue weighted by molar-refractivity contribution is 5.72. The second kappa shape index (κ2) is 11.9. The van der Waals surface area contributed by atoms with Crippen LogP contribution >= 0.6 is 0 Å². The average Bonchev–Trinajstić information content (AvgIpc) is 2.64. The van der Waals surface area contributed by atoms with Crippen LogP contribution in [0.3, 0.4) is 0 Å². The summed E-state index contributed by atoms with van der Waals surface area (Å²) < 4.78 is 5.88. The van der Waals surface area contributed by atoms with Crippen molar-refractivity contribution in [2.45, 2.75) is 116 Å². The molecule has 0 bridgehead atoms. The first-order valence-corrected chi connectivity index (χ1v) is 11.2. The zero-order valence-corrected chi connectivity index (χ0v) is 16.7. The van der Waals surface area contributed by atoms with E-state index < -0.39 is 0 Å². The van der Waals surface area contributed by atoms with Crippen LogP contribution in [0.2, 0.25) is 0 Å². The second-order valence-electron chi connectivity index (χ2n) is 8.43. The molecule has 0 atom stereocenters. The van der Waals surface area contributed by atoms with Gasteiger partial charge in [-0.05, 0) is 70.3 Å². The molecule has 3 heteroatoms. The molecule has 0 spiro atoms. The minimum atomic E-state index is 0.0986. The molecule has 0 unspecified atom stereocenters. The van der Waals surface area contributed by atoms with Gasteiger partial charge in [0.25, 0.3) is 0 Å². The Morgan fingerprint density at radius 1 is 0.880 bits per heavy atom. The molecule has 2 saturated carbocycles. The third kappa shape index (κ3) is 7.68. The number of rotatable bonds is 10. The number of unbranched alkanes of at least 4 members (excludes halogenated alkanes) is 3. The third-order valence-electron chi connectivity index (χ3n) is 6.32. The molecule has 0 heterocycles. The normalized spacial score (nSPS) is 30.2. The van der Waals surface area contributed by atoms with Crippen LogP contribution in [0.15, 0.2) is 0 Å². The van der Waals surface area contributed by atoms with Crippen molar-refractivity contribution in [1.82, 2.24) is 5.32 Å². The molecule has 0 aromatic heterocycles. The Hall–Kier alpha value is -0.570. The SMILES string of the molecule is CCCCCC1CCC(OC(=O)C2CCC(NCCCC)CC2)CC1. The maximum atomic E-state index is 12.5. The summed E-state index contributed by atoms with van der Waals surface area (Å²) in [6.45, 7) is 5.62. The van der Waals surface area contributed by atoms with Crippen molar-refractivity contribution in [3.63, 3.8) is 0 Å². The highest BCUT2D eigenvalue weighted by Gasteiger charge is 2.30. The van der Waals surface area contributed by atoms with E-state index in [1.165, 1.54) is 51.4 Å². The van der Waals surface area contributed by atoms with Gasteiger partial charge in [0.05, 0.1) is 5.92 Å². The first kappa shape index (κ1) is 20.7. The third-order valence-corrected chi connectivity index (χ3v) is 6.32. The van der Waals surface area contributed by atoms with Crippen molar-refractivity contribution in [2.24, 2.45) is 11.8 Å². The molecule has 25 heavy (non-hydrogen) atoms. The quantitative estimate of drug-likeness (QED) is 0.410. The Morgan fingerprint density at radius 3 is 2.20 bits per heavy atom. The van der Waals surface area contributed by atoms with E-state index in [9.17, 15) is 4.79 Å². The Kier molecular flexibility index (Phi) is 9.90. The largest absolute Gasteiger partial charge is 0.462 e. The highest BCUT2D eigenvalue weighted by Crippen LogP contribution is 2.32. The standard InChI is InChI=1S/C22H41NO2/c1-3-5-7-8-18-9-15-21(16-10-18)25-22(24)19-11-13-20(14-12-19)23-17-6-4-2/h18-21,23H,3-17H2,1-2H3. The van der Waals surface area contributed by atoms with Gasteiger partial charge in [0.15, 0.2) is 0 Å². The first-order valence-electron chi connectivity index (χ1n) is 11.2. The van der Waals surface area contributed by atoms with E-state index in [1.807, 2.05) is 0 Å². The lowest BCUT2D eigenvalue weighted by molar-refractivity contribution is -0.157. The van der Waals surface area contributed by atoms with E-state index in [0.29, 0.717) is 6.04 Å². The molecule has 2 fully saturated rings. The van der Waals surface area contributed by atoms with Gasteiger partial charge in [0, 0.05) is 6.04 Å². The highest BCUT2D eigenvalue weighted by atomic mass is 16.5. The van der Waals surface area contributed by atoms with Gasteiger partial charge in [-0.3, -0.25) is 4.79 Å². The number of carbonyl (C=O) groups is 1. The van der Waals surface area contributed by atoms with E-state index in [4.69, 9.17) is 4.74 Å². The average molecular weight is 352 g/mol. The van der Waals surface area contributed by atoms with Crippen LogP contribution in [0, 0.1) is 11.8 Å². The maximum absolute atomic E-state index is 12.5. The smallest absolute Gasteiger partial charge is 0.309 e. The van der Waals surface area contributed by atoms with Crippen LogP contribution in [0.25, 0.3) is 0 Å². The summed E-state index contributed by atoms with van der Waals surface area (Å²) in [5.41, 5.74) is 0. The molecular formula is C22H41NO2. The Balaban J connectivity index is 1.58. The lowest BCUT2D eigenvalue weighted by Crippen LogP contribution is -2.36. The molecule has 3 nitrogen and oxygen atoms in total. The predicted molar refractivity (Wildman–Crippen MR) is 105 cm³/mol. The van der Waals surface area contributed by atoms with Crippen LogP contribution in [0.1, 0.15) is 104 Å². The van der Waals surface area contributed by atoms with Gasteiger partial charge in [-0.15, -0.1) is 0 Å². The number of esters is 1. The van der Waals surface area contributed by atoms with E-state index >= 15 is 0 Å². The molecule has 0 radical (unpaired) electrons. The van der Waals surface area contributed by atoms with Crippen molar-refractivity contribution < 1.29 is 9.53 Å². The van der Waals surface area contributed by atoms with Crippen LogP contribution in [0.5, 0.6) is 0 Å². The number of carbonyl (C=O) groups excluding carboxylic acids is 1. The summed E-state index contributed by atoms with van der Waals surface area (Å²) in [6, 6.07) is 0.620. The lowest BCUT2D eigenvalue weighted by atomic mass is 9.83. The lowest BCUT2D eigenvalue weighted by Gasteiger charge is -2.32. The molecule has 1 N–H and O–H groups in total. The van der Waals surface area contributed by atoms with Crippen LogP contribution in [0.4, 0.5) is 0 Å². The molecule has 2 aliphatic carbocycles. The molecular weight excluding hydrogens is 310 g/mol. The predicted octanol–water partition coefficient (Wildman–Crippen LogP) is 5.62. The molecule has 2 aliphatic rings. The molecule has 0 aromatic rings. The van der Waals surface area contributed by atoms with Gasteiger partial charge in [-0.25, -0.2) is 0 Å². The fourth-order valence-corrected chi connectivity index (χ4v) is 4.50. The molecule has 0 aromatic carbocycles. The fourth-order valence-electron chi connectivity index (χ4n) is 4.50. The minimum Gasteiger partial charge on any atom is -0.462 e. The van der Waals surface area contributed by atoms with E-state index in [1.54, 1.807) is 0 Å². The Morgan fingerprint density at radius 2 is 1.56 bits per heavy atom. The summed E-state index contributed by atoms with van der Waals surface area (Å²) >= 11 is 0. The van der Waals surface area contributed by atoms with Gasteiger partial charge in [-0.2, -0.15) is 0 Å². The summed E-state index contributed by atoms with van der Waals surface area (Å²) in [6.07, 6.45) is 17.1. The zero-order chi connectivity index (χ0) is 17.9. The van der Waals surface area contributed by atoms with E-state index in [-0.39, 0.29) is 18.0 Å². The fraction of sp³-hybridized carbons (Fsp3) is 0.955. The van der Waals surface area contributed by atoms with Crippen molar-refractivity contribution >= 4 is 5.97 Å². The van der Waals surface area contributed by atoms with Crippen LogP contribution in [-0.4, -0.2) is 24.7 Å². The van der Waals surface area contributed by atoms with Gasteiger partial charge in [0.1, 0.15) is 6.10 Å². The number of hydrogen-bond acceptors (Lipinski definition) is 3. The molecule has 2 rings (SSSR count). The minimum absolute atomic E-state index is 0.0986. The van der Waals surface area contributed by atoms with Crippen molar-refractivity contribution in [2.75, 3.05) is 6.54 Å². The second-order valence-corrected chi connectivity index (χ2v) is 8.43.